The van der Waals surface area contributed by atoms with Crippen molar-refractivity contribution >= 4 is 12.0 Å². The minimum Gasteiger partial charge on any atom is -0.444 e. The van der Waals surface area contributed by atoms with Gasteiger partial charge in [-0.2, -0.15) is 0 Å². The SMILES string of the molecule is CC(C)(C)OC(=O)N1CCN(C2(C(N)=O)CC2)CC1. The minimum atomic E-state index is -0.473. The van der Waals surface area contributed by atoms with Crippen molar-refractivity contribution in [2.45, 2.75) is 44.8 Å². The second-order valence-electron chi connectivity index (χ2n) is 6.35. The third-order valence-electron chi connectivity index (χ3n) is 3.72. The van der Waals surface area contributed by atoms with Crippen LogP contribution in [-0.4, -0.2) is 59.1 Å². The molecule has 1 saturated heterocycles. The van der Waals surface area contributed by atoms with Gasteiger partial charge < -0.3 is 15.4 Å². The highest BCUT2D eigenvalue weighted by Crippen LogP contribution is 2.41. The van der Waals surface area contributed by atoms with Gasteiger partial charge in [0.25, 0.3) is 0 Å². The molecule has 1 heterocycles. The molecule has 0 atom stereocenters. The standard InChI is InChI=1S/C13H23N3O3/c1-12(2,3)19-11(18)15-6-8-16(9-7-15)13(4-5-13)10(14)17/h4-9H2,1-3H3,(H2,14,17). The molecule has 2 fully saturated rings. The number of nitrogens with two attached hydrogens (primary N) is 1. The summed E-state index contributed by atoms with van der Waals surface area (Å²) in [7, 11) is 0. The number of ether oxygens (including phenoxy) is 1. The van der Waals surface area contributed by atoms with Crippen molar-refractivity contribution in [1.29, 1.82) is 0 Å². The Labute approximate surface area is 113 Å². The van der Waals surface area contributed by atoms with E-state index in [-0.39, 0.29) is 12.0 Å². The summed E-state index contributed by atoms with van der Waals surface area (Å²) in [6.07, 6.45) is 1.40. The van der Waals surface area contributed by atoms with Gasteiger partial charge >= 0.3 is 6.09 Å². The Morgan fingerprint density at radius 2 is 1.63 bits per heavy atom. The summed E-state index contributed by atoms with van der Waals surface area (Å²) in [4.78, 5) is 27.2. The summed E-state index contributed by atoms with van der Waals surface area (Å²) < 4.78 is 5.34. The van der Waals surface area contributed by atoms with Crippen molar-refractivity contribution in [2.75, 3.05) is 26.2 Å². The maximum atomic E-state index is 11.9. The van der Waals surface area contributed by atoms with Crippen molar-refractivity contribution in [3.8, 4) is 0 Å². The maximum Gasteiger partial charge on any atom is 0.410 e. The zero-order valence-electron chi connectivity index (χ0n) is 11.9. The van der Waals surface area contributed by atoms with E-state index in [1.807, 2.05) is 20.8 Å². The third kappa shape index (κ3) is 3.00. The molecule has 0 radical (unpaired) electrons. The molecule has 0 aromatic carbocycles. The number of primary amides is 1. The van der Waals surface area contributed by atoms with Crippen LogP contribution in [0.1, 0.15) is 33.6 Å². The van der Waals surface area contributed by atoms with Crippen LogP contribution < -0.4 is 5.73 Å². The van der Waals surface area contributed by atoms with Gasteiger partial charge in [-0.15, -0.1) is 0 Å². The first-order valence-electron chi connectivity index (χ1n) is 6.77. The Kier molecular flexibility index (Phi) is 3.47. The topological polar surface area (TPSA) is 75.9 Å². The number of piperazine rings is 1. The minimum absolute atomic E-state index is 0.238. The van der Waals surface area contributed by atoms with Gasteiger partial charge in [-0.3, -0.25) is 9.69 Å². The summed E-state index contributed by atoms with van der Waals surface area (Å²) >= 11 is 0. The highest BCUT2D eigenvalue weighted by Gasteiger charge is 2.53. The van der Waals surface area contributed by atoms with E-state index < -0.39 is 11.1 Å². The number of rotatable bonds is 2. The predicted octanol–water partition coefficient (Wildman–Crippen LogP) is 0.557. The van der Waals surface area contributed by atoms with E-state index in [2.05, 4.69) is 4.90 Å². The molecule has 6 nitrogen and oxygen atoms in total. The Bertz CT molecular complexity index is 377. The summed E-state index contributed by atoms with van der Waals surface area (Å²) in [6.45, 7) is 8.10. The van der Waals surface area contributed by atoms with E-state index in [1.165, 1.54) is 0 Å². The Morgan fingerprint density at radius 1 is 1.11 bits per heavy atom. The second-order valence-corrected chi connectivity index (χ2v) is 6.35. The largest absolute Gasteiger partial charge is 0.444 e. The summed E-state index contributed by atoms with van der Waals surface area (Å²) in [5.41, 5.74) is 4.55. The number of amides is 2. The molecule has 2 aliphatic rings. The summed E-state index contributed by atoms with van der Waals surface area (Å²) in [5.74, 6) is -0.238. The van der Waals surface area contributed by atoms with Gasteiger partial charge in [0.2, 0.25) is 5.91 Å². The highest BCUT2D eigenvalue weighted by atomic mass is 16.6. The van der Waals surface area contributed by atoms with Crippen LogP contribution >= 0.6 is 0 Å². The fraction of sp³-hybridized carbons (Fsp3) is 0.846. The van der Waals surface area contributed by atoms with Gasteiger partial charge in [-0.25, -0.2) is 4.79 Å². The van der Waals surface area contributed by atoms with Gasteiger partial charge in [0, 0.05) is 26.2 Å². The van der Waals surface area contributed by atoms with E-state index in [4.69, 9.17) is 10.5 Å². The zero-order valence-corrected chi connectivity index (χ0v) is 11.9. The molecule has 0 aromatic heterocycles. The van der Waals surface area contributed by atoms with Crippen molar-refractivity contribution < 1.29 is 14.3 Å². The number of carbonyl (C=O) groups is 2. The Morgan fingerprint density at radius 3 is 2.00 bits per heavy atom. The summed E-state index contributed by atoms with van der Waals surface area (Å²) in [5, 5.41) is 0. The fourth-order valence-corrected chi connectivity index (χ4v) is 2.48. The average molecular weight is 269 g/mol. The van der Waals surface area contributed by atoms with E-state index >= 15 is 0 Å². The van der Waals surface area contributed by atoms with Crippen LogP contribution in [0.15, 0.2) is 0 Å². The van der Waals surface area contributed by atoms with E-state index in [1.54, 1.807) is 4.90 Å². The Balaban J connectivity index is 1.86. The molecule has 1 saturated carbocycles. The molecule has 19 heavy (non-hydrogen) atoms. The lowest BCUT2D eigenvalue weighted by molar-refractivity contribution is -0.125. The molecule has 108 valence electrons. The van der Waals surface area contributed by atoms with Crippen molar-refractivity contribution in [2.24, 2.45) is 5.73 Å². The van der Waals surface area contributed by atoms with E-state index in [0.29, 0.717) is 26.2 Å². The zero-order chi connectivity index (χ0) is 14.3. The van der Waals surface area contributed by atoms with Gasteiger partial charge in [0.1, 0.15) is 11.1 Å². The van der Waals surface area contributed by atoms with Gasteiger partial charge in [-0.1, -0.05) is 0 Å². The molecule has 1 aliphatic heterocycles. The lowest BCUT2D eigenvalue weighted by Gasteiger charge is -2.38. The quantitative estimate of drug-likeness (QED) is 0.794. The number of hydrogen-bond donors (Lipinski definition) is 1. The lowest BCUT2D eigenvalue weighted by atomic mass is 10.1. The van der Waals surface area contributed by atoms with Crippen LogP contribution in [0, 0.1) is 0 Å². The van der Waals surface area contributed by atoms with Crippen LogP contribution in [0.3, 0.4) is 0 Å². The van der Waals surface area contributed by atoms with Crippen LogP contribution in [-0.2, 0) is 9.53 Å². The molecule has 0 unspecified atom stereocenters. The first-order chi connectivity index (χ1) is 8.74. The van der Waals surface area contributed by atoms with E-state index in [0.717, 1.165) is 12.8 Å². The number of nitrogens with zero attached hydrogens (tertiary/aromatic N) is 2. The molecule has 0 spiro atoms. The molecular weight excluding hydrogens is 246 g/mol. The molecule has 1 aliphatic carbocycles. The number of hydrogen-bond acceptors (Lipinski definition) is 4. The molecule has 0 bridgehead atoms. The average Bonchev–Trinajstić information content (AvgIpc) is 3.08. The molecule has 0 aromatic rings. The maximum absolute atomic E-state index is 11.9. The van der Waals surface area contributed by atoms with Gasteiger partial charge in [0.15, 0.2) is 0 Å². The molecule has 2 rings (SSSR count). The predicted molar refractivity (Wildman–Crippen MR) is 70.5 cm³/mol. The molecular formula is C13H23N3O3. The monoisotopic (exact) mass is 269 g/mol. The van der Waals surface area contributed by atoms with E-state index in [9.17, 15) is 9.59 Å². The Hall–Kier alpha value is -1.30. The van der Waals surface area contributed by atoms with Crippen molar-refractivity contribution in [1.82, 2.24) is 9.80 Å². The molecule has 2 N–H and O–H groups in total. The van der Waals surface area contributed by atoms with Crippen molar-refractivity contribution in [3.05, 3.63) is 0 Å². The van der Waals surface area contributed by atoms with Crippen LogP contribution in [0.4, 0.5) is 4.79 Å². The first kappa shape index (κ1) is 14.1. The number of carbonyl (C=O) groups excluding carboxylic acids is 2. The molecule has 6 heteroatoms. The first-order valence-corrected chi connectivity index (χ1v) is 6.77. The highest BCUT2D eigenvalue weighted by molar-refractivity contribution is 5.87. The third-order valence-corrected chi connectivity index (χ3v) is 3.72. The normalized spacial score (nSPS) is 23.0. The van der Waals surface area contributed by atoms with Crippen LogP contribution in [0.5, 0.6) is 0 Å². The van der Waals surface area contributed by atoms with Crippen LogP contribution in [0.2, 0.25) is 0 Å². The van der Waals surface area contributed by atoms with Crippen molar-refractivity contribution in [3.63, 3.8) is 0 Å². The summed E-state index contributed by atoms with van der Waals surface area (Å²) in [6, 6.07) is 0. The lowest BCUT2D eigenvalue weighted by Crippen LogP contribution is -2.57. The fourth-order valence-electron chi connectivity index (χ4n) is 2.48. The smallest absolute Gasteiger partial charge is 0.410 e. The van der Waals surface area contributed by atoms with Crippen LogP contribution in [0.25, 0.3) is 0 Å². The van der Waals surface area contributed by atoms with Gasteiger partial charge in [-0.05, 0) is 33.6 Å². The molecule has 2 amide bonds. The van der Waals surface area contributed by atoms with Gasteiger partial charge in [0.05, 0.1) is 0 Å². The second kappa shape index (κ2) is 4.67.